The first kappa shape index (κ1) is 26.2. The Labute approximate surface area is 237 Å². The largest absolute Gasteiger partial charge is 0.449 e. The van der Waals surface area contributed by atoms with E-state index in [2.05, 4.69) is 42.3 Å². The van der Waals surface area contributed by atoms with Crippen LogP contribution < -0.4 is 5.32 Å². The van der Waals surface area contributed by atoms with Crippen molar-refractivity contribution in [3.05, 3.63) is 82.0 Å². The molecule has 2 aromatic carbocycles. The van der Waals surface area contributed by atoms with E-state index in [-0.39, 0.29) is 0 Å². The highest BCUT2D eigenvalue weighted by Crippen LogP contribution is 2.44. The van der Waals surface area contributed by atoms with Crippen molar-refractivity contribution in [1.29, 1.82) is 5.26 Å². The predicted molar refractivity (Wildman–Crippen MR) is 156 cm³/mol. The third kappa shape index (κ3) is 4.55. The monoisotopic (exact) mass is 550 g/mol. The van der Waals surface area contributed by atoms with Crippen molar-refractivity contribution >= 4 is 39.1 Å². The van der Waals surface area contributed by atoms with Crippen LogP contribution in [-0.4, -0.2) is 40.5 Å². The topological polar surface area (TPSA) is 95.3 Å². The molecule has 1 aliphatic carbocycles. The minimum Gasteiger partial charge on any atom is -0.449 e. The Morgan fingerprint density at radius 2 is 1.82 bits per heavy atom. The minimum atomic E-state index is -1.06. The van der Waals surface area contributed by atoms with Crippen LogP contribution in [-0.2, 0) is 35.3 Å². The van der Waals surface area contributed by atoms with E-state index in [1.54, 1.807) is 6.92 Å². The number of amides is 1. The van der Waals surface area contributed by atoms with E-state index in [1.807, 2.05) is 36.4 Å². The highest BCUT2D eigenvalue weighted by Gasteiger charge is 2.31. The van der Waals surface area contributed by atoms with Crippen molar-refractivity contribution in [2.45, 2.75) is 58.7 Å². The number of nitrogens with one attached hydrogen (secondary N) is 1. The summed E-state index contributed by atoms with van der Waals surface area (Å²) in [6, 6.07) is 18.3. The normalized spacial score (nSPS) is 15.1. The van der Waals surface area contributed by atoms with Gasteiger partial charge in [-0.15, -0.1) is 11.3 Å². The molecule has 202 valence electrons. The molecule has 0 bridgehead atoms. The number of hydrogen-bond acceptors (Lipinski definition) is 7. The first-order valence-corrected chi connectivity index (χ1v) is 14.5. The molecule has 0 saturated carbocycles. The number of aromatic nitrogens is 1. The number of nitriles is 1. The predicted octanol–water partition coefficient (Wildman–Crippen LogP) is 5.88. The Balaban J connectivity index is 1.27. The summed E-state index contributed by atoms with van der Waals surface area (Å²) in [5.74, 6) is -1.00. The average Bonchev–Trinajstić information content (AvgIpc) is 3.32. The van der Waals surface area contributed by atoms with Crippen LogP contribution in [0.25, 0.3) is 21.3 Å². The fourth-order valence-corrected chi connectivity index (χ4v) is 6.98. The van der Waals surface area contributed by atoms with E-state index >= 15 is 0 Å². The molecule has 0 spiro atoms. The quantitative estimate of drug-likeness (QED) is 0.312. The average molecular weight is 551 g/mol. The lowest BCUT2D eigenvalue weighted by Gasteiger charge is -2.32. The Kier molecular flexibility index (Phi) is 6.87. The zero-order chi connectivity index (χ0) is 28.0. The van der Waals surface area contributed by atoms with Crippen molar-refractivity contribution in [3.8, 4) is 16.5 Å². The number of benzene rings is 2. The van der Waals surface area contributed by atoms with Crippen molar-refractivity contribution in [1.82, 2.24) is 9.88 Å². The number of carbonyl (C=O) groups excluding carboxylic acids is 2. The molecule has 1 amide bonds. The van der Waals surface area contributed by atoms with E-state index < -0.39 is 18.0 Å². The first-order valence-electron chi connectivity index (χ1n) is 13.7. The highest BCUT2D eigenvalue weighted by molar-refractivity contribution is 7.20. The molecule has 8 heteroatoms. The van der Waals surface area contributed by atoms with Crippen LogP contribution in [0.5, 0.6) is 0 Å². The lowest BCUT2D eigenvalue weighted by Crippen LogP contribution is -2.37. The van der Waals surface area contributed by atoms with Gasteiger partial charge < -0.3 is 10.1 Å². The maximum absolute atomic E-state index is 13.7. The van der Waals surface area contributed by atoms with Gasteiger partial charge in [0.1, 0.15) is 11.1 Å². The number of anilines is 1. The van der Waals surface area contributed by atoms with Gasteiger partial charge in [0.25, 0.3) is 5.91 Å². The second-order valence-corrected chi connectivity index (χ2v) is 11.7. The smallest absolute Gasteiger partial charge is 0.339 e. The van der Waals surface area contributed by atoms with Gasteiger partial charge in [-0.2, -0.15) is 5.26 Å². The molecule has 0 saturated heterocycles. The summed E-state index contributed by atoms with van der Waals surface area (Å²) in [5.41, 5.74) is 6.80. The van der Waals surface area contributed by atoms with Crippen molar-refractivity contribution in [2.24, 2.45) is 0 Å². The van der Waals surface area contributed by atoms with E-state index in [0.29, 0.717) is 28.7 Å². The lowest BCUT2D eigenvalue weighted by molar-refractivity contribution is -0.123. The Morgan fingerprint density at radius 1 is 1.05 bits per heavy atom. The molecule has 1 unspecified atom stereocenters. The third-order valence-electron chi connectivity index (χ3n) is 7.93. The van der Waals surface area contributed by atoms with E-state index in [1.165, 1.54) is 16.9 Å². The minimum absolute atomic E-state index is 0.325. The molecule has 2 aliphatic rings. The van der Waals surface area contributed by atoms with Crippen LogP contribution in [0, 0.1) is 11.3 Å². The van der Waals surface area contributed by atoms with Gasteiger partial charge in [-0.25, -0.2) is 4.79 Å². The summed E-state index contributed by atoms with van der Waals surface area (Å²) < 4.78 is 5.80. The van der Waals surface area contributed by atoms with Crippen LogP contribution in [0.2, 0.25) is 0 Å². The van der Waals surface area contributed by atoms with E-state index in [9.17, 15) is 14.9 Å². The summed E-state index contributed by atoms with van der Waals surface area (Å²) in [4.78, 5) is 35.2. The molecule has 7 nitrogen and oxygen atoms in total. The van der Waals surface area contributed by atoms with Gasteiger partial charge in [-0.1, -0.05) is 42.5 Å². The molecule has 40 heavy (non-hydrogen) atoms. The lowest BCUT2D eigenvalue weighted by atomic mass is 9.90. The number of thiophene rings is 1. The number of hydrogen-bond donors (Lipinski definition) is 1. The van der Waals surface area contributed by atoms with Crippen molar-refractivity contribution in [3.63, 3.8) is 0 Å². The molecule has 1 aliphatic heterocycles. The number of para-hydroxylation sites is 1. The SMILES string of the molecule is CC(OC(=O)c1c2c(nc3ccccc13)CCN(C(C)C)C2)C(=O)Nc1sc2c(c1C#N)CCc1ccccc1-2. The summed E-state index contributed by atoms with van der Waals surface area (Å²) in [6.45, 7) is 7.32. The van der Waals surface area contributed by atoms with Gasteiger partial charge in [0.2, 0.25) is 0 Å². The number of esters is 1. The number of rotatable bonds is 5. The molecule has 1 N–H and O–H groups in total. The molecule has 2 aromatic heterocycles. The van der Waals surface area contributed by atoms with E-state index in [0.717, 1.165) is 64.0 Å². The Morgan fingerprint density at radius 3 is 2.62 bits per heavy atom. The molecule has 4 aromatic rings. The highest BCUT2D eigenvalue weighted by atomic mass is 32.1. The molecule has 6 rings (SSSR count). The number of carbonyl (C=O) groups is 2. The van der Waals surface area contributed by atoms with Gasteiger partial charge in [0.15, 0.2) is 6.10 Å². The van der Waals surface area contributed by atoms with Crippen LogP contribution in [0.4, 0.5) is 5.00 Å². The maximum atomic E-state index is 13.7. The zero-order valence-electron chi connectivity index (χ0n) is 22.8. The van der Waals surface area contributed by atoms with Crippen LogP contribution >= 0.6 is 11.3 Å². The second-order valence-electron chi connectivity index (χ2n) is 10.7. The first-order chi connectivity index (χ1) is 19.4. The van der Waals surface area contributed by atoms with Gasteiger partial charge >= 0.3 is 5.97 Å². The number of nitrogens with zero attached hydrogens (tertiary/aromatic N) is 3. The molecule has 3 heterocycles. The molecule has 1 atom stereocenters. The Hall–Kier alpha value is -4.06. The van der Waals surface area contributed by atoms with Gasteiger partial charge in [-0.05, 0) is 56.4 Å². The number of pyridine rings is 1. The van der Waals surface area contributed by atoms with Crippen LogP contribution in [0.1, 0.15) is 59.1 Å². The van der Waals surface area contributed by atoms with Crippen molar-refractivity contribution < 1.29 is 14.3 Å². The standard InChI is InChI=1S/C32H30N4O3S/c1-18(2)36-15-14-27-25(17-36)28(23-10-6-7-11-26(23)34-27)32(38)39-19(3)30(37)35-31-24(16-33)22-13-12-20-8-4-5-9-21(20)29(22)40-31/h4-11,18-19H,12-15,17H2,1-3H3,(H,35,37). The molecule has 0 radical (unpaired) electrons. The van der Waals surface area contributed by atoms with Crippen LogP contribution in [0.15, 0.2) is 48.5 Å². The third-order valence-corrected chi connectivity index (χ3v) is 9.11. The van der Waals surface area contributed by atoms with Gasteiger partial charge in [0.05, 0.1) is 16.6 Å². The number of fused-ring (bicyclic) bond motifs is 5. The second kappa shape index (κ2) is 10.5. The summed E-state index contributed by atoms with van der Waals surface area (Å²) in [7, 11) is 0. The summed E-state index contributed by atoms with van der Waals surface area (Å²) in [6.07, 6.45) is 1.30. The number of aryl methyl sites for hydroxylation is 1. The molecule has 0 fully saturated rings. The van der Waals surface area contributed by atoms with Gasteiger partial charge in [0, 0.05) is 47.1 Å². The van der Waals surface area contributed by atoms with E-state index in [4.69, 9.17) is 9.72 Å². The van der Waals surface area contributed by atoms with Crippen molar-refractivity contribution in [2.75, 3.05) is 11.9 Å². The van der Waals surface area contributed by atoms with Gasteiger partial charge in [-0.3, -0.25) is 14.7 Å². The Bertz CT molecular complexity index is 1700. The molecular formula is C32H30N4O3S. The fourth-order valence-electron chi connectivity index (χ4n) is 5.72. The number of ether oxygens (including phenoxy) is 1. The van der Waals surface area contributed by atoms with Crippen LogP contribution in [0.3, 0.4) is 0 Å². The summed E-state index contributed by atoms with van der Waals surface area (Å²) >= 11 is 1.40. The molecular weight excluding hydrogens is 520 g/mol. The fraction of sp³-hybridized carbons (Fsp3) is 0.312. The summed E-state index contributed by atoms with van der Waals surface area (Å²) in [5, 5.41) is 14.0. The maximum Gasteiger partial charge on any atom is 0.339 e. The zero-order valence-corrected chi connectivity index (χ0v) is 23.6.